The number of hydrogen-bond donors (Lipinski definition) is 1. The van der Waals surface area contributed by atoms with Gasteiger partial charge in [0.2, 0.25) is 0 Å². The number of nitrogens with zero attached hydrogens (tertiary/aromatic N) is 3. The molecule has 0 spiro atoms. The van der Waals surface area contributed by atoms with Gasteiger partial charge in [0.05, 0.1) is 3.57 Å². The number of rotatable bonds is 4. The van der Waals surface area contributed by atoms with Crippen molar-refractivity contribution in [3.8, 4) is 0 Å². The highest BCUT2D eigenvalue weighted by Crippen LogP contribution is 2.17. The molecule has 0 fully saturated rings. The van der Waals surface area contributed by atoms with Crippen LogP contribution in [0.5, 0.6) is 0 Å². The van der Waals surface area contributed by atoms with Crippen molar-refractivity contribution >= 4 is 28.4 Å². The summed E-state index contributed by atoms with van der Waals surface area (Å²) in [7, 11) is 2.02. The number of nitrogens with two attached hydrogens (primary N) is 1. The highest BCUT2D eigenvalue weighted by atomic mass is 127. The van der Waals surface area contributed by atoms with Gasteiger partial charge in [0, 0.05) is 19.8 Å². The molecule has 4 nitrogen and oxygen atoms in total. The van der Waals surface area contributed by atoms with Crippen LogP contribution in [0.25, 0.3) is 0 Å². The average molecular weight is 306 g/mol. The quantitative estimate of drug-likeness (QED) is 0.847. The monoisotopic (exact) mass is 306 g/mol. The Kier molecular flexibility index (Phi) is 4.53. The molecule has 1 aromatic heterocycles. The summed E-state index contributed by atoms with van der Waals surface area (Å²) in [5, 5.41) is 0. The second-order valence-electron chi connectivity index (χ2n) is 3.42. The Morgan fingerprint density at radius 1 is 1.64 bits per heavy atom. The Morgan fingerprint density at radius 2 is 2.36 bits per heavy atom. The maximum atomic E-state index is 5.58. The van der Waals surface area contributed by atoms with E-state index in [1.165, 1.54) is 0 Å². The molecular formula is C9H15IN4. The fourth-order valence-corrected chi connectivity index (χ4v) is 1.93. The van der Waals surface area contributed by atoms with Crippen LogP contribution in [0.4, 0.5) is 5.82 Å². The summed E-state index contributed by atoms with van der Waals surface area (Å²) in [6.45, 7) is 3.75. The van der Waals surface area contributed by atoms with E-state index < -0.39 is 0 Å². The van der Waals surface area contributed by atoms with E-state index in [4.69, 9.17) is 5.73 Å². The van der Waals surface area contributed by atoms with Gasteiger partial charge in [-0.15, -0.1) is 0 Å². The van der Waals surface area contributed by atoms with Crippen molar-refractivity contribution in [2.24, 2.45) is 11.7 Å². The first kappa shape index (κ1) is 11.6. The lowest BCUT2D eigenvalue weighted by atomic mass is 10.2. The predicted molar refractivity (Wildman–Crippen MR) is 66.2 cm³/mol. The van der Waals surface area contributed by atoms with Crippen LogP contribution in [-0.2, 0) is 0 Å². The summed E-state index contributed by atoms with van der Waals surface area (Å²) in [4.78, 5) is 10.3. The molecule has 0 bridgehead atoms. The molecule has 0 amide bonds. The fourth-order valence-electron chi connectivity index (χ4n) is 1.22. The maximum Gasteiger partial charge on any atom is 0.145 e. The van der Waals surface area contributed by atoms with Gasteiger partial charge in [0.25, 0.3) is 0 Å². The molecule has 0 aliphatic rings. The zero-order valence-electron chi connectivity index (χ0n) is 8.44. The van der Waals surface area contributed by atoms with E-state index in [9.17, 15) is 0 Å². The molecule has 1 atom stereocenters. The number of hydrogen-bond acceptors (Lipinski definition) is 4. The van der Waals surface area contributed by atoms with E-state index in [1.54, 1.807) is 6.33 Å². The fraction of sp³-hybridized carbons (Fsp3) is 0.556. The Labute approximate surface area is 98.1 Å². The molecule has 1 heterocycles. The average Bonchev–Trinajstić information content (AvgIpc) is 2.18. The molecule has 14 heavy (non-hydrogen) atoms. The summed E-state index contributed by atoms with van der Waals surface area (Å²) in [6, 6.07) is 0. The van der Waals surface area contributed by atoms with Crippen molar-refractivity contribution in [1.82, 2.24) is 9.97 Å². The minimum Gasteiger partial charge on any atom is -0.358 e. The first-order valence-corrected chi connectivity index (χ1v) is 5.59. The van der Waals surface area contributed by atoms with Crippen molar-refractivity contribution < 1.29 is 0 Å². The van der Waals surface area contributed by atoms with Crippen molar-refractivity contribution in [2.45, 2.75) is 6.92 Å². The van der Waals surface area contributed by atoms with Crippen LogP contribution in [0.2, 0.25) is 0 Å². The Bertz CT molecular complexity index is 292. The smallest absolute Gasteiger partial charge is 0.145 e. The van der Waals surface area contributed by atoms with Gasteiger partial charge in [-0.05, 0) is 35.1 Å². The summed E-state index contributed by atoms with van der Waals surface area (Å²) in [5.74, 6) is 1.45. The van der Waals surface area contributed by atoms with Gasteiger partial charge < -0.3 is 10.6 Å². The standard InChI is InChI=1S/C9H15IN4/c1-7(3-11)5-14(2)9-8(10)4-12-6-13-9/h4,6-7H,3,5,11H2,1-2H3. The van der Waals surface area contributed by atoms with E-state index in [0.29, 0.717) is 12.5 Å². The van der Waals surface area contributed by atoms with Crippen molar-refractivity contribution in [2.75, 3.05) is 25.0 Å². The second kappa shape index (κ2) is 5.45. The van der Waals surface area contributed by atoms with Gasteiger partial charge in [-0.2, -0.15) is 0 Å². The normalized spacial score (nSPS) is 12.6. The third-order valence-corrected chi connectivity index (χ3v) is 2.76. The Morgan fingerprint density at radius 3 is 2.93 bits per heavy atom. The summed E-state index contributed by atoms with van der Waals surface area (Å²) < 4.78 is 1.07. The first-order chi connectivity index (χ1) is 6.65. The minimum absolute atomic E-state index is 0.478. The largest absolute Gasteiger partial charge is 0.358 e. The van der Waals surface area contributed by atoms with Crippen molar-refractivity contribution in [3.63, 3.8) is 0 Å². The molecule has 1 rings (SSSR count). The predicted octanol–water partition coefficient (Wildman–Crippen LogP) is 1.11. The molecule has 78 valence electrons. The van der Waals surface area contributed by atoms with E-state index in [0.717, 1.165) is 15.9 Å². The maximum absolute atomic E-state index is 5.58. The van der Waals surface area contributed by atoms with Gasteiger partial charge in [0.15, 0.2) is 0 Å². The van der Waals surface area contributed by atoms with Crippen LogP contribution in [0.15, 0.2) is 12.5 Å². The number of anilines is 1. The third kappa shape index (κ3) is 3.06. The van der Waals surface area contributed by atoms with Crippen LogP contribution >= 0.6 is 22.6 Å². The number of halogens is 1. The zero-order valence-corrected chi connectivity index (χ0v) is 10.6. The molecule has 1 unspecified atom stereocenters. The van der Waals surface area contributed by atoms with Gasteiger partial charge >= 0.3 is 0 Å². The molecule has 5 heteroatoms. The SMILES string of the molecule is CC(CN)CN(C)c1ncncc1I. The van der Waals surface area contributed by atoms with Crippen LogP contribution < -0.4 is 10.6 Å². The van der Waals surface area contributed by atoms with Crippen molar-refractivity contribution in [3.05, 3.63) is 16.1 Å². The van der Waals surface area contributed by atoms with Gasteiger partial charge in [-0.3, -0.25) is 0 Å². The molecule has 0 aliphatic heterocycles. The van der Waals surface area contributed by atoms with Crippen molar-refractivity contribution in [1.29, 1.82) is 0 Å². The lowest BCUT2D eigenvalue weighted by Gasteiger charge is -2.22. The summed E-state index contributed by atoms with van der Waals surface area (Å²) in [5.41, 5.74) is 5.58. The van der Waals surface area contributed by atoms with Gasteiger partial charge in [-0.1, -0.05) is 6.92 Å². The number of aromatic nitrogens is 2. The van der Waals surface area contributed by atoms with E-state index in [-0.39, 0.29) is 0 Å². The van der Waals surface area contributed by atoms with Gasteiger partial charge in [-0.25, -0.2) is 9.97 Å². The molecule has 0 aliphatic carbocycles. The lowest BCUT2D eigenvalue weighted by molar-refractivity contribution is 0.586. The van der Waals surface area contributed by atoms with E-state index in [2.05, 4.69) is 44.4 Å². The molecule has 2 N–H and O–H groups in total. The summed E-state index contributed by atoms with van der Waals surface area (Å²) >= 11 is 2.24. The highest BCUT2D eigenvalue weighted by Gasteiger charge is 2.09. The van der Waals surface area contributed by atoms with Crippen LogP contribution in [0.1, 0.15) is 6.92 Å². The Hall–Kier alpha value is -0.430. The zero-order chi connectivity index (χ0) is 10.6. The second-order valence-corrected chi connectivity index (χ2v) is 4.58. The highest BCUT2D eigenvalue weighted by molar-refractivity contribution is 14.1. The topological polar surface area (TPSA) is 55.0 Å². The molecule has 0 radical (unpaired) electrons. The molecule has 0 saturated carbocycles. The van der Waals surface area contributed by atoms with E-state index in [1.807, 2.05) is 13.2 Å². The Balaban J connectivity index is 2.69. The molecule has 0 aromatic carbocycles. The molecule has 1 aromatic rings. The molecule has 0 saturated heterocycles. The molecular weight excluding hydrogens is 291 g/mol. The third-order valence-electron chi connectivity index (χ3n) is 2.00. The van der Waals surface area contributed by atoms with Crippen LogP contribution in [0.3, 0.4) is 0 Å². The minimum atomic E-state index is 0.478. The first-order valence-electron chi connectivity index (χ1n) is 4.52. The van der Waals surface area contributed by atoms with E-state index >= 15 is 0 Å². The lowest BCUT2D eigenvalue weighted by Crippen LogP contribution is -2.29. The van der Waals surface area contributed by atoms with Gasteiger partial charge in [0.1, 0.15) is 12.1 Å². The summed E-state index contributed by atoms with van der Waals surface area (Å²) in [6.07, 6.45) is 3.38. The van der Waals surface area contributed by atoms with Crippen LogP contribution in [-0.4, -0.2) is 30.1 Å². The van der Waals surface area contributed by atoms with Crippen LogP contribution in [0, 0.1) is 9.49 Å².